The van der Waals surface area contributed by atoms with E-state index >= 15 is 0 Å². The van der Waals surface area contributed by atoms with E-state index in [0.29, 0.717) is 47.4 Å². The Balaban J connectivity index is 1.84. The summed E-state index contributed by atoms with van der Waals surface area (Å²) in [5, 5.41) is 0.479. The zero-order valence-electron chi connectivity index (χ0n) is 17.3. The van der Waals surface area contributed by atoms with Crippen LogP contribution in [-0.2, 0) is 11.3 Å². The number of amides is 1. The molecular formula is C22H28N4O3. The lowest BCUT2D eigenvalue weighted by molar-refractivity contribution is 0.0612. The molecule has 7 heteroatoms. The van der Waals surface area contributed by atoms with Gasteiger partial charge in [-0.1, -0.05) is 19.9 Å². The number of carbonyl (C=O) groups is 1. The maximum absolute atomic E-state index is 13.5. The average molecular weight is 396 g/mol. The number of aryl methyl sites for hydroxylation is 1. The molecule has 0 aliphatic carbocycles. The first-order chi connectivity index (χ1) is 14.0. The number of rotatable bonds is 5. The molecule has 2 atom stereocenters. The summed E-state index contributed by atoms with van der Waals surface area (Å²) in [4.78, 5) is 33.1. The molecule has 1 amide bonds. The van der Waals surface area contributed by atoms with E-state index in [2.05, 4.69) is 13.8 Å². The molecular weight excluding hydrogens is 368 g/mol. The van der Waals surface area contributed by atoms with Crippen LogP contribution < -0.4 is 5.56 Å². The van der Waals surface area contributed by atoms with Crippen molar-refractivity contribution in [3.8, 4) is 0 Å². The van der Waals surface area contributed by atoms with Crippen molar-refractivity contribution in [2.24, 2.45) is 11.8 Å². The van der Waals surface area contributed by atoms with Gasteiger partial charge >= 0.3 is 0 Å². The normalized spacial score (nSPS) is 19.9. The molecule has 4 rings (SSSR count). The fourth-order valence-corrected chi connectivity index (χ4v) is 4.51. The summed E-state index contributed by atoms with van der Waals surface area (Å²) < 4.78 is 8.62. The van der Waals surface area contributed by atoms with Gasteiger partial charge < -0.3 is 14.2 Å². The standard InChI is InChI=1S/C22H28N4O3/c1-15-11-16(2)14-24(13-15)22(28)18-12-17-20(25(18)9-6-10-29-3)23-19-7-4-5-8-26(19)21(17)27/h4-5,7-8,12,15-16H,6,9-11,13-14H2,1-3H3. The highest BCUT2D eigenvalue weighted by Crippen LogP contribution is 2.25. The molecule has 1 fully saturated rings. The zero-order chi connectivity index (χ0) is 20.5. The van der Waals surface area contributed by atoms with Crippen molar-refractivity contribution in [3.05, 3.63) is 46.5 Å². The van der Waals surface area contributed by atoms with Gasteiger partial charge in [0.05, 0.1) is 5.39 Å². The largest absolute Gasteiger partial charge is 0.385 e. The van der Waals surface area contributed by atoms with Crippen molar-refractivity contribution in [1.82, 2.24) is 18.9 Å². The first-order valence-corrected chi connectivity index (χ1v) is 10.3. The lowest BCUT2D eigenvalue weighted by Crippen LogP contribution is -2.43. The van der Waals surface area contributed by atoms with Crippen molar-refractivity contribution < 1.29 is 9.53 Å². The number of fused-ring (bicyclic) bond motifs is 2. The summed E-state index contributed by atoms with van der Waals surface area (Å²) in [5.41, 5.74) is 1.54. The van der Waals surface area contributed by atoms with E-state index in [1.54, 1.807) is 25.4 Å². The third kappa shape index (κ3) is 3.67. The van der Waals surface area contributed by atoms with Crippen LogP contribution in [0.4, 0.5) is 0 Å². The van der Waals surface area contributed by atoms with Crippen LogP contribution in [0.2, 0.25) is 0 Å². The van der Waals surface area contributed by atoms with Gasteiger partial charge in [0.25, 0.3) is 11.5 Å². The highest BCUT2D eigenvalue weighted by atomic mass is 16.5. The second-order valence-corrected chi connectivity index (χ2v) is 8.27. The predicted octanol–water partition coefficient (Wildman–Crippen LogP) is 2.80. The molecule has 0 N–H and O–H groups in total. The number of pyridine rings is 1. The first-order valence-electron chi connectivity index (χ1n) is 10.3. The summed E-state index contributed by atoms with van der Waals surface area (Å²) in [6.07, 6.45) is 3.58. The molecule has 2 unspecified atom stereocenters. The molecule has 4 heterocycles. The quantitative estimate of drug-likeness (QED) is 0.622. The van der Waals surface area contributed by atoms with Crippen LogP contribution in [0.25, 0.3) is 16.7 Å². The number of aromatic nitrogens is 3. The second-order valence-electron chi connectivity index (χ2n) is 8.27. The fourth-order valence-electron chi connectivity index (χ4n) is 4.51. The minimum absolute atomic E-state index is 0.0210. The van der Waals surface area contributed by atoms with Crippen molar-refractivity contribution in [1.29, 1.82) is 0 Å². The fraction of sp³-hybridized carbons (Fsp3) is 0.500. The van der Waals surface area contributed by atoms with Crippen LogP contribution >= 0.6 is 0 Å². The predicted molar refractivity (Wildman–Crippen MR) is 112 cm³/mol. The van der Waals surface area contributed by atoms with Gasteiger partial charge in [-0.25, -0.2) is 4.98 Å². The smallest absolute Gasteiger partial charge is 0.270 e. The van der Waals surface area contributed by atoms with Crippen LogP contribution in [0, 0.1) is 11.8 Å². The Hall–Kier alpha value is -2.67. The SMILES string of the molecule is COCCCn1c(C(=O)N2CC(C)CC(C)C2)cc2c(=O)n3ccccc3nc21. The van der Waals surface area contributed by atoms with E-state index in [0.717, 1.165) is 25.9 Å². The highest BCUT2D eigenvalue weighted by Gasteiger charge is 2.29. The van der Waals surface area contributed by atoms with Crippen molar-refractivity contribution in [3.63, 3.8) is 0 Å². The molecule has 0 bridgehead atoms. The number of carbonyl (C=O) groups excluding carboxylic acids is 1. The Morgan fingerprint density at radius 3 is 2.72 bits per heavy atom. The summed E-state index contributed by atoms with van der Waals surface area (Å²) in [6.45, 7) is 7.02. The van der Waals surface area contributed by atoms with Crippen LogP contribution in [0.5, 0.6) is 0 Å². The van der Waals surface area contributed by atoms with Crippen molar-refractivity contribution in [2.45, 2.75) is 33.2 Å². The third-order valence-electron chi connectivity index (χ3n) is 5.68. The lowest BCUT2D eigenvalue weighted by Gasteiger charge is -2.35. The minimum atomic E-state index is -0.148. The Kier molecular flexibility index (Phi) is 5.41. The second kappa shape index (κ2) is 7.99. The number of likely N-dealkylation sites (tertiary alicyclic amines) is 1. The Bertz CT molecular complexity index is 1090. The maximum atomic E-state index is 13.5. The molecule has 1 aliphatic rings. The van der Waals surface area contributed by atoms with Crippen molar-refractivity contribution >= 4 is 22.6 Å². The molecule has 7 nitrogen and oxygen atoms in total. The number of ether oxygens (including phenoxy) is 1. The molecule has 0 aromatic carbocycles. The third-order valence-corrected chi connectivity index (χ3v) is 5.68. The van der Waals surface area contributed by atoms with Gasteiger partial charge in [0.2, 0.25) is 0 Å². The van der Waals surface area contributed by atoms with E-state index in [-0.39, 0.29) is 11.5 Å². The molecule has 0 saturated carbocycles. The molecule has 3 aromatic heterocycles. The number of hydrogen-bond donors (Lipinski definition) is 0. The molecule has 154 valence electrons. The minimum Gasteiger partial charge on any atom is -0.385 e. The number of hydrogen-bond acceptors (Lipinski definition) is 4. The van der Waals surface area contributed by atoms with E-state index in [1.165, 1.54) is 4.40 Å². The summed E-state index contributed by atoms with van der Waals surface area (Å²) >= 11 is 0. The molecule has 3 aromatic rings. The Morgan fingerprint density at radius 2 is 2.00 bits per heavy atom. The number of nitrogens with zero attached hydrogens (tertiary/aromatic N) is 4. The summed E-state index contributed by atoms with van der Waals surface area (Å²) in [5.74, 6) is 0.924. The van der Waals surface area contributed by atoms with Gasteiger partial charge in [-0.15, -0.1) is 0 Å². The summed E-state index contributed by atoms with van der Waals surface area (Å²) in [6, 6.07) is 7.19. The van der Waals surface area contributed by atoms with Crippen LogP contribution in [0.15, 0.2) is 35.3 Å². The van der Waals surface area contributed by atoms with Gasteiger partial charge in [-0.05, 0) is 42.9 Å². The van der Waals surface area contributed by atoms with Crippen LogP contribution in [-0.4, -0.2) is 51.6 Å². The van der Waals surface area contributed by atoms with Crippen molar-refractivity contribution in [2.75, 3.05) is 26.8 Å². The zero-order valence-corrected chi connectivity index (χ0v) is 17.3. The van der Waals surface area contributed by atoms with Gasteiger partial charge in [-0.2, -0.15) is 0 Å². The Morgan fingerprint density at radius 1 is 1.24 bits per heavy atom. The van der Waals surface area contributed by atoms with Gasteiger partial charge in [0.15, 0.2) is 0 Å². The van der Waals surface area contributed by atoms with E-state index in [1.807, 2.05) is 21.6 Å². The summed E-state index contributed by atoms with van der Waals surface area (Å²) in [7, 11) is 1.66. The maximum Gasteiger partial charge on any atom is 0.270 e. The number of methoxy groups -OCH3 is 1. The molecule has 0 radical (unpaired) electrons. The van der Waals surface area contributed by atoms with Crippen LogP contribution in [0.1, 0.15) is 37.2 Å². The van der Waals surface area contributed by atoms with E-state index < -0.39 is 0 Å². The van der Waals surface area contributed by atoms with E-state index in [9.17, 15) is 9.59 Å². The lowest BCUT2D eigenvalue weighted by atomic mass is 9.92. The number of piperidine rings is 1. The Labute approximate surface area is 169 Å². The van der Waals surface area contributed by atoms with Gasteiger partial charge in [-0.3, -0.25) is 14.0 Å². The average Bonchev–Trinajstić information content (AvgIpc) is 3.06. The molecule has 29 heavy (non-hydrogen) atoms. The molecule has 0 spiro atoms. The highest BCUT2D eigenvalue weighted by molar-refractivity contribution is 5.98. The monoisotopic (exact) mass is 396 g/mol. The topological polar surface area (TPSA) is 68.8 Å². The van der Waals surface area contributed by atoms with Gasteiger partial charge in [0.1, 0.15) is 17.0 Å². The molecule has 1 saturated heterocycles. The van der Waals surface area contributed by atoms with Crippen LogP contribution in [0.3, 0.4) is 0 Å². The van der Waals surface area contributed by atoms with E-state index in [4.69, 9.17) is 9.72 Å². The first kappa shape index (κ1) is 19.6. The van der Waals surface area contributed by atoms with Gasteiger partial charge in [0, 0.05) is 39.5 Å². The molecule has 1 aliphatic heterocycles.